The number of amides is 1. The van der Waals surface area contributed by atoms with Crippen LogP contribution < -0.4 is 11.0 Å². The van der Waals surface area contributed by atoms with E-state index >= 15 is 0 Å². The van der Waals surface area contributed by atoms with Gasteiger partial charge in [0.15, 0.2) is 0 Å². The third-order valence-electron chi connectivity index (χ3n) is 4.43. The molecular formula is C19H12F6N2O3. The summed E-state index contributed by atoms with van der Waals surface area (Å²) in [7, 11) is 0. The molecule has 158 valence electrons. The number of nitrogens with one attached hydrogen (secondary N) is 1. The zero-order valence-corrected chi connectivity index (χ0v) is 14.8. The number of hydroxylamine groups is 1. The lowest BCUT2D eigenvalue weighted by molar-refractivity contribution is -0.143. The summed E-state index contributed by atoms with van der Waals surface area (Å²) in [4.78, 5) is 24.2. The van der Waals surface area contributed by atoms with Crippen molar-refractivity contribution in [3.63, 3.8) is 0 Å². The number of carbonyl (C=O) groups excluding carboxylic acids is 1. The zero-order valence-electron chi connectivity index (χ0n) is 14.8. The fourth-order valence-corrected chi connectivity index (χ4v) is 2.95. The Bertz CT molecular complexity index is 1180. The SMILES string of the molecule is O=C(NO)c1ccc2ccn(Cc3ccc(C(F)(F)F)cc3C(F)(F)F)c(=O)c2c1. The van der Waals surface area contributed by atoms with E-state index in [4.69, 9.17) is 5.21 Å². The Morgan fingerprint density at radius 2 is 1.67 bits per heavy atom. The molecule has 0 fully saturated rings. The second-order valence-corrected chi connectivity index (χ2v) is 6.36. The van der Waals surface area contributed by atoms with Crippen molar-refractivity contribution in [2.75, 3.05) is 0 Å². The zero-order chi connectivity index (χ0) is 22.3. The molecule has 0 aliphatic rings. The molecule has 1 aromatic heterocycles. The predicted molar refractivity (Wildman–Crippen MR) is 93.0 cm³/mol. The molecule has 0 aliphatic heterocycles. The van der Waals surface area contributed by atoms with Crippen LogP contribution in [0.1, 0.15) is 27.0 Å². The van der Waals surface area contributed by atoms with Crippen molar-refractivity contribution in [1.82, 2.24) is 10.0 Å². The highest BCUT2D eigenvalue weighted by atomic mass is 19.4. The largest absolute Gasteiger partial charge is 0.416 e. The van der Waals surface area contributed by atoms with Gasteiger partial charge in [0.05, 0.1) is 17.7 Å². The topological polar surface area (TPSA) is 71.3 Å². The minimum atomic E-state index is -5.07. The van der Waals surface area contributed by atoms with Crippen LogP contribution in [0.25, 0.3) is 10.8 Å². The Balaban J connectivity index is 2.11. The summed E-state index contributed by atoms with van der Waals surface area (Å²) in [6.07, 6.45) is -8.82. The summed E-state index contributed by atoms with van der Waals surface area (Å²) in [5, 5.41) is 9.06. The molecule has 0 atom stereocenters. The monoisotopic (exact) mass is 430 g/mol. The van der Waals surface area contributed by atoms with Crippen LogP contribution in [-0.4, -0.2) is 15.7 Å². The first kappa shape index (κ1) is 21.4. The molecule has 30 heavy (non-hydrogen) atoms. The van der Waals surface area contributed by atoms with Crippen molar-refractivity contribution in [3.05, 3.63) is 81.3 Å². The van der Waals surface area contributed by atoms with E-state index in [1.165, 1.54) is 29.9 Å². The lowest BCUT2D eigenvalue weighted by Crippen LogP contribution is -2.23. The van der Waals surface area contributed by atoms with Crippen LogP contribution in [0.3, 0.4) is 0 Å². The van der Waals surface area contributed by atoms with Gasteiger partial charge in [0.25, 0.3) is 11.5 Å². The Morgan fingerprint density at radius 3 is 2.27 bits per heavy atom. The summed E-state index contributed by atoms with van der Waals surface area (Å²) in [6, 6.07) is 6.50. The van der Waals surface area contributed by atoms with Gasteiger partial charge in [0.2, 0.25) is 0 Å². The Kier molecular flexibility index (Phi) is 5.33. The molecule has 1 amide bonds. The van der Waals surface area contributed by atoms with Crippen LogP contribution in [0.2, 0.25) is 0 Å². The van der Waals surface area contributed by atoms with Crippen LogP contribution in [0, 0.1) is 0 Å². The molecule has 0 radical (unpaired) electrons. The fourth-order valence-electron chi connectivity index (χ4n) is 2.95. The van der Waals surface area contributed by atoms with Crippen molar-refractivity contribution < 1.29 is 36.3 Å². The summed E-state index contributed by atoms with van der Waals surface area (Å²) in [6.45, 7) is -0.641. The molecule has 3 rings (SSSR count). The normalized spacial score (nSPS) is 12.2. The lowest BCUT2D eigenvalue weighted by Gasteiger charge is -2.17. The molecule has 11 heteroatoms. The maximum Gasteiger partial charge on any atom is 0.416 e. The number of nitrogens with zero attached hydrogens (tertiary/aromatic N) is 1. The average Bonchev–Trinajstić information content (AvgIpc) is 2.68. The molecule has 1 heterocycles. The van der Waals surface area contributed by atoms with Gasteiger partial charge in [-0.05, 0) is 41.3 Å². The van der Waals surface area contributed by atoms with Gasteiger partial charge in [-0.3, -0.25) is 14.8 Å². The molecule has 0 spiro atoms. The molecule has 0 saturated heterocycles. The summed E-state index contributed by atoms with van der Waals surface area (Å²) < 4.78 is 79.3. The number of hydrogen-bond donors (Lipinski definition) is 2. The van der Waals surface area contributed by atoms with Gasteiger partial charge in [-0.1, -0.05) is 12.1 Å². The van der Waals surface area contributed by atoms with Gasteiger partial charge in [-0.25, -0.2) is 5.48 Å². The first-order chi connectivity index (χ1) is 13.9. The molecular weight excluding hydrogens is 418 g/mol. The van der Waals surface area contributed by atoms with Gasteiger partial charge in [0.1, 0.15) is 0 Å². The van der Waals surface area contributed by atoms with Crippen molar-refractivity contribution in [2.45, 2.75) is 18.9 Å². The molecule has 0 aliphatic carbocycles. The van der Waals surface area contributed by atoms with Gasteiger partial charge >= 0.3 is 12.4 Å². The molecule has 2 N–H and O–H groups in total. The van der Waals surface area contributed by atoms with Gasteiger partial charge < -0.3 is 4.57 Å². The van der Waals surface area contributed by atoms with Crippen LogP contribution in [0.5, 0.6) is 0 Å². The van der Waals surface area contributed by atoms with Gasteiger partial charge in [0, 0.05) is 17.1 Å². The third kappa shape index (κ3) is 4.15. The minimum absolute atomic E-state index is 0.00507. The van der Waals surface area contributed by atoms with E-state index < -0.39 is 47.1 Å². The number of halogens is 6. The van der Waals surface area contributed by atoms with Crippen LogP contribution in [0.15, 0.2) is 53.5 Å². The summed E-state index contributed by atoms with van der Waals surface area (Å²) >= 11 is 0. The number of pyridine rings is 1. The Morgan fingerprint density at radius 1 is 0.967 bits per heavy atom. The predicted octanol–water partition coefficient (Wildman–Crippen LogP) is 4.21. The van der Waals surface area contributed by atoms with Crippen LogP contribution in [0.4, 0.5) is 26.3 Å². The molecule has 0 saturated carbocycles. The first-order valence-corrected chi connectivity index (χ1v) is 8.27. The van der Waals surface area contributed by atoms with E-state index in [9.17, 15) is 35.9 Å². The van der Waals surface area contributed by atoms with Crippen molar-refractivity contribution in [1.29, 1.82) is 0 Å². The first-order valence-electron chi connectivity index (χ1n) is 8.27. The number of alkyl halides is 6. The van der Waals surface area contributed by atoms with Crippen molar-refractivity contribution in [3.8, 4) is 0 Å². The second kappa shape index (κ2) is 7.48. The molecule has 5 nitrogen and oxygen atoms in total. The third-order valence-corrected chi connectivity index (χ3v) is 4.43. The fraction of sp³-hybridized carbons (Fsp3) is 0.158. The standard InChI is InChI=1S/C19H12F6N2O3/c20-18(21,22)13-4-3-12(15(8-13)19(23,24)25)9-27-6-5-10-1-2-11(16(28)26-30)7-14(10)17(27)29/h1-8,30H,9H2,(H,26,28). The van der Waals surface area contributed by atoms with E-state index in [1.807, 2.05) is 0 Å². The van der Waals surface area contributed by atoms with E-state index in [-0.39, 0.29) is 17.0 Å². The maximum atomic E-state index is 13.3. The van der Waals surface area contributed by atoms with E-state index in [1.54, 1.807) is 0 Å². The highest BCUT2D eigenvalue weighted by Gasteiger charge is 2.38. The number of fused-ring (bicyclic) bond motifs is 1. The smallest absolute Gasteiger partial charge is 0.311 e. The van der Waals surface area contributed by atoms with Crippen molar-refractivity contribution >= 4 is 16.7 Å². The Labute approximate surface area is 164 Å². The molecule has 0 unspecified atom stereocenters. The number of rotatable bonds is 3. The number of hydrogen-bond acceptors (Lipinski definition) is 3. The van der Waals surface area contributed by atoms with Crippen LogP contribution >= 0.6 is 0 Å². The minimum Gasteiger partial charge on any atom is -0.311 e. The molecule has 3 aromatic rings. The van der Waals surface area contributed by atoms with E-state index in [0.717, 1.165) is 10.6 Å². The van der Waals surface area contributed by atoms with Crippen LogP contribution in [-0.2, 0) is 18.9 Å². The lowest BCUT2D eigenvalue weighted by atomic mass is 10.0. The number of aromatic nitrogens is 1. The summed E-state index contributed by atoms with van der Waals surface area (Å²) in [5.41, 5.74) is -2.91. The molecule has 0 bridgehead atoms. The highest BCUT2D eigenvalue weighted by molar-refractivity contribution is 5.97. The van der Waals surface area contributed by atoms with Gasteiger partial charge in [-0.15, -0.1) is 0 Å². The quantitative estimate of drug-likeness (QED) is 0.372. The highest BCUT2D eigenvalue weighted by Crippen LogP contribution is 2.37. The maximum absolute atomic E-state index is 13.3. The Hall–Kier alpha value is -3.34. The molecule has 2 aromatic carbocycles. The van der Waals surface area contributed by atoms with E-state index in [0.29, 0.717) is 17.5 Å². The summed E-state index contributed by atoms with van der Waals surface area (Å²) in [5.74, 6) is -0.895. The number of carbonyl (C=O) groups is 1. The second-order valence-electron chi connectivity index (χ2n) is 6.36. The van der Waals surface area contributed by atoms with Crippen molar-refractivity contribution in [2.24, 2.45) is 0 Å². The van der Waals surface area contributed by atoms with E-state index in [2.05, 4.69) is 0 Å². The van der Waals surface area contributed by atoms with Gasteiger partial charge in [-0.2, -0.15) is 26.3 Å². The average molecular weight is 430 g/mol. The number of benzene rings is 2.